The summed E-state index contributed by atoms with van der Waals surface area (Å²) < 4.78 is 26.0. The van der Waals surface area contributed by atoms with E-state index in [0.29, 0.717) is 19.6 Å². The number of aromatic nitrogens is 1. The van der Waals surface area contributed by atoms with Crippen molar-refractivity contribution < 1.29 is 8.42 Å². The fourth-order valence-corrected chi connectivity index (χ4v) is 4.88. The maximum Gasteiger partial charge on any atom is 0.193 e. The molecule has 1 fully saturated rings. The van der Waals surface area contributed by atoms with Crippen LogP contribution in [0.15, 0.2) is 41.5 Å². The Bertz CT molecular complexity index is 921. The molecule has 1 N–H and O–H groups in total. The molecule has 156 valence electrons. The smallest absolute Gasteiger partial charge is 0.193 e. The van der Waals surface area contributed by atoms with E-state index in [-0.39, 0.29) is 29.7 Å². The van der Waals surface area contributed by atoms with Gasteiger partial charge in [0.1, 0.15) is 0 Å². The van der Waals surface area contributed by atoms with Crippen LogP contribution in [-0.2, 0) is 16.4 Å². The van der Waals surface area contributed by atoms with Crippen molar-refractivity contribution in [2.45, 2.75) is 38.5 Å². The number of sulfone groups is 1. The highest BCUT2D eigenvalue weighted by atomic mass is 127. The summed E-state index contributed by atoms with van der Waals surface area (Å²) in [6.07, 6.45) is 3.06. The average Bonchev–Trinajstić information content (AvgIpc) is 3.03. The predicted molar refractivity (Wildman–Crippen MR) is 127 cm³/mol. The number of halogens is 1. The van der Waals surface area contributed by atoms with Crippen LogP contribution >= 0.6 is 24.0 Å². The third kappa shape index (κ3) is 5.00. The van der Waals surface area contributed by atoms with Crippen LogP contribution in [0.1, 0.15) is 27.2 Å². The minimum absolute atomic E-state index is 0. The van der Waals surface area contributed by atoms with Crippen LogP contribution < -0.4 is 5.32 Å². The van der Waals surface area contributed by atoms with Gasteiger partial charge in [0, 0.05) is 44.4 Å². The second-order valence-corrected chi connectivity index (χ2v) is 10.4. The number of para-hydroxylation sites is 1. The largest absolute Gasteiger partial charge is 0.357 e. The molecular formula is C20H31IN4O2S. The van der Waals surface area contributed by atoms with E-state index in [0.717, 1.165) is 25.5 Å². The highest BCUT2D eigenvalue weighted by Gasteiger charge is 2.40. The summed E-state index contributed by atoms with van der Waals surface area (Å²) in [6, 6.07) is 10.5. The van der Waals surface area contributed by atoms with Gasteiger partial charge in [-0.15, -0.1) is 24.0 Å². The van der Waals surface area contributed by atoms with Gasteiger partial charge in [0.05, 0.1) is 10.5 Å². The number of guanidine groups is 1. The molecule has 0 saturated carbocycles. The summed E-state index contributed by atoms with van der Waals surface area (Å²) in [4.78, 5) is 6.83. The van der Waals surface area contributed by atoms with Crippen molar-refractivity contribution in [3.8, 4) is 0 Å². The molecule has 0 spiro atoms. The minimum atomic E-state index is -3.05. The number of fused-ring (bicyclic) bond motifs is 1. The van der Waals surface area contributed by atoms with E-state index in [1.807, 2.05) is 6.92 Å². The molecule has 0 radical (unpaired) electrons. The van der Waals surface area contributed by atoms with Crippen LogP contribution in [0.3, 0.4) is 0 Å². The van der Waals surface area contributed by atoms with Crippen molar-refractivity contribution in [1.82, 2.24) is 14.8 Å². The van der Waals surface area contributed by atoms with E-state index in [9.17, 15) is 8.42 Å². The molecule has 1 aliphatic rings. The van der Waals surface area contributed by atoms with Crippen LogP contribution in [0.5, 0.6) is 0 Å². The van der Waals surface area contributed by atoms with Crippen molar-refractivity contribution in [1.29, 1.82) is 0 Å². The summed E-state index contributed by atoms with van der Waals surface area (Å²) in [7, 11) is -3.05. The molecular weight excluding hydrogens is 487 g/mol. The van der Waals surface area contributed by atoms with Gasteiger partial charge in [0.2, 0.25) is 0 Å². The lowest BCUT2D eigenvalue weighted by molar-refractivity contribution is 0.353. The lowest BCUT2D eigenvalue weighted by Crippen LogP contribution is -2.57. The number of nitrogens with zero attached hydrogens (tertiary/aromatic N) is 3. The Morgan fingerprint density at radius 3 is 2.71 bits per heavy atom. The van der Waals surface area contributed by atoms with Gasteiger partial charge < -0.3 is 14.8 Å². The van der Waals surface area contributed by atoms with E-state index < -0.39 is 14.6 Å². The second-order valence-electron chi connectivity index (χ2n) is 7.66. The molecule has 1 aromatic heterocycles. The Kier molecular flexibility index (Phi) is 7.78. The van der Waals surface area contributed by atoms with E-state index in [2.05, 4.69) is 51.3 Å². The topological polar surface area (TPSA) is 66.7 Å². The molecule has 0 atom stereocenters. The second kappa shape index (κ2) is 9.47. The first kappa shape index (κ1) is 23.0. The predicted octanol–water partition coefficient (Wildman–Crippen LogP) is 3.12. The quantitative estimate of drug-likeness (QED) is 0.286. The van der Waals surface area contributed by atoms with Gasteiger partial charge in [0.25, 0.3) is 0 Å². The number of hydrogen-bond acceptors (Lipinski definition) is 3. The molecule has 0 unspecified atom stereocenters. The van der Waals surface area contributed by atoms with Crippen molar-refractivity contribution in [2.75, 3.05) is 31.9 Å². The van der Waals surface area contributed by atoms with Crippen LogP contribution in [0.4, 0.5) is 0 Å². The number of benzene rings is 1. The first-order chi connectivity index (χ1) is 12.8. The summed E-state index contributed by atoms with van der Waals surface area (Å²) >= 11 is 0. The zero-order valence-electron chi connectivity index (χ0n) is 16.9. The Balaban J connectivity index is 0.00000280. The van der Waals surface area contributed by atoms with Gasteiger partial charge in [-0.2, -0.15) is 0 Å². The van der Waals surface area contributed by atoms with Crippen LogP contribution in [-0.4, -0.2) is 60.5 Å². The maximum absolute atomic E-state index is 12.2. The Hall–Kier alpha value is -1.29. The summed E-state index contributed by atoms with van der Waals surface area (Å²) in [6.45, 7) is 9.00. The minimum Gasteiger partial charge on any atom is -0.357 e. The zero-order valence-corrected chi connectivity index (χ0v) is 20.0. The fraction of sp³-hybridized carbons (Fsp3) is 0.550. The number of hydrogen-bond donors (Lipinski definition) is 1. The van der Waals surface area contributed by atoms with Crippen molar-refractivity contribution >= 4 is 50.7 Å². The van der Waals surface area contributed by atoms with Crippen molar-refractivity contribution in [2.24, 2.45) is 4.99 Å². The van der Waals surface area contributed by atoms with Gasteiger partial charge >= 0.3 is 0 Å². The molecule has 0 bridgehead atoms. The van der Waals surface area contributed by atoms with Crippen molar-refractivity contribution in [3.05, 3.63) is 36.5 Å². The number of aliphatic imine (C=N–C) groups is 1. The molecule has 28 heavy (non-hydrogen) atoms. The third-order valence-corrected chi connectivity index (χ3v) is 7.71. The molecule has 2 aromatic rings. The van der Waals surface area contributed by atoms with E-state index >= 15 is 0 Å². The first-order valence-electron chi connectivity index (χ1n) is 9.63. The normalized spacial score (nSPS) is 18.7. The Labute approximate surface area is 185 Å². The molecule has 3 rings (SSSR count). The van der Waals surface area contributed by atoms with Gasteiger partial charge in [-0.3, -0.25) is 4.99 Å². The fourth-order valence-electron chi connectivity index (χ4n) is 3.51. The van der Waals surface area contributed by atoms with Crippen molar-refractivity contribution in [3.63, 3.8) is 0 Å². The zero-order chi connectivity index (χ0) is 19.5. The van der Waals surface area contributed by atoms with E-state index in [1.54, 1.807) is 13.8 Å². The maximum atomic E-state index is 12.2. The summed E-state index contributed by atoms with van der Waals surface area (Å²) in [5, 5.41) is 4.57. The average molecular weight is 518 g/mol. The lowest BCUT2D eigenvalue weighted by atomic mass is 10.2. The molecule has 6 nitrogen and oxygen atoms in total. The monoisotopic (exact) mass is 518 g/mol. The molecule has 1 aromatic carbocycles. The standard InChI is InChI=1S/C20H30N4O2S.HI/c1-4-21-19(24-14-15-27(25,26)20(2,3)16-24)22-11-7-12-23-13-10-17-8-5-6-9-18(17)23;/h5-6,8-10,13H,4,7,11-12,14-16H2,1-3H3,(H,21,22);1H. The number of aryl methyl sites for hydroxylation is 1. The SMILES string of the molecule is CCNC(=NCCCn1ccc2ccccc21)N1CCS(=O)(=O)C(C)(C)C1.I. The van der Waals surface area contributed by atoms with E-state index in [4.69, 9.17) is 4.99 Å². The van der Waals surface area contributed by atoms with E-state index in [1.165, 1.54) is 10.9 Å². The van der Waals surface area contributed by atoms with Gasteiger partial charge in [-0.25, -0.2) is 8.42 Å². The molecule has 0 amide bonds. The van der Waals surface area contributed by atoms with Gasteiger partial charge in [-0.05, 0) is 44.7 Å². The number of rotatable bonds is 5. The van der Waals surface area contributed by atoms with Crippen LogP contribution in [0, 0.1) is 0 Å². The number of nitrogens with one attached hydrogen (secondary N) is 1. The molecule has 1 saturated heterocycles. The summed E-state index contributed by atoms with van der Waals surface area (Å²) in [5.74, 6) is 0.998. The van der Waals surface area contributed by atoms with Gasteiger partial charge in [0.15, 0.2) is 15.8 Å². The highest BCUT2D eigenvalue weighted by Crippen LogP contribution is 2.23. The molecule has 8 heteroatoms. The highest BCUT2D eigenvalue weighted by molar-refractivity contribution is 14.0. The lowest BCUT2D eigenvalue weighted by Gasteiger charge is -2.39. The molecule has 0 aliphatic carbocycles. The molecule has 2 heterocycles. The van der Waals surface area contributed by atoms with Crippen LogP contribution in [0.2, 0.25) is 0 Å². The third-order valence-electron chi connectivity index (χ3n) is 5.18. The Morgan fingerprint density at radius 2 is 2.00 bits per heavy atom. The van der Waals surface area contributed by atoms with Gasteiger partial charge in [-0.1, -0.05) is 18.2 Å². The molecule has 1 aliphatic heterocycles. The van der Waals surface area contributed by atoms with Crippen LogP contribution in [0.25, 0.3) is 10.9 Å². The first-order valence-corrected chi connectivity index (χ1v) is 11.3. The Morgan fingerprint density at radius 1 is 1.25 bits per heavy atom. The summed E-state index contributed by atoms with van der Waals surface area (Å²) in [5.41, 5.74) is 1.25.